The normalized spacial score (nSPS) is 9.65. The number of hydrogen-bond donors (Lipinski definition) is 1. The van der Waals surface area contributed by atoms with E-state index < -0.39 is 0 Å². The molecule has 17 heavy (non-hydrogen) atoms. The Kier molecular flexibility index (Phi) is 3.38. The van der Waals surface area contributed by atoms with Crippen molar-refractivity contribution < 1.29 is 4.79 Å². The van der Waals surface area contributed by atoms with Crippen molar-refractivity contribution in [3.05, 3.63) is 45.4 Å². The predicted octanol–water partition coefficient (Wildman–Crippen LogP) is 2.92. The molecule has 1 heterocycles. The molecule has 1 aromatic carbocycles. The van der Waals surface area contributed by atoms with E-state index in [9.17, 15) is 4.79 Å². The van der Waals surface area contributed by atoms with Crippen LogP contribution in [0.1, 0.15) is 16.1 Å². The van der Waals surface area contributed by atoms with Crippen molar-refractivity contribution in [2.75, 3.05) is 5.32 Å². The fourth-order valence-corrected chi connectivity index (χ4v) is 1.93. The summed E-state index contributed by atoms with van der Waals surface area (Å²) in [4.78, 5) is 15.6. The highest BCUT2D eigenvalue weighted by Crippen LogP contribution is 2.21. The first-order valence-corrected chi connectivity index (χ1v) is 5.92. The molecule has 0 atom stereocenters. The number of carbonyl (C=O) groups excluding carboxylic acids is 1. The summed E-state index contributed by atoms with van der Waals surface area (Å²) in [5.74, 6) is -0.356. The van der Waals surface area contributed by atoms with E-state index in [4.69, 9.17) is 16.9 Å². The summed E-state index contributed by atoms with van der Waals surface area (Å²) in [6.07, 6.45) is 0. The van der Waals surface area contributed by atoms with Crippen LogP contribution in [-0.4, -0.2) is 10.9 Å². The monoisotopic (exact) mass is 263 g/mol. The minimum absolute atomic E-state index is 0.318. The summed E-state index contributed by atoms with van der Waals surface area (Å²) in [5.41, 5.74) is 2.63. The molecule has 1 aromatic heterocycles. The van der Waals surface area contributed by atoms with Crippen LogP contribution in [0.25, 0.3) is 0 Å². The van der Waals surface area contributed by atoms with Crippen LogP contribution in [0.5, 0.6) is 0 Å². The average molecular weight is 264 g/mol. The number of nitriles is 1. The second kappa shape index (κ2) is 4.95. The van der Waals surface area contributed by atoms with E-state index in [1.807, 2.05) is 6.07 Å². The van der Waals surface area contributed by atoms with Gasteiger partial charge in [0.2, 0.25) is 0 Å². The van der Waals surface area contributed by atoms with Gasteiger partial charge in [0, 0.05) is 10.4 Å². The van der Waals surface area contributed by atoms with E-state index >= 15 is 0 Å². The smallest absolute Gasteiger partial charge is 0.275 e. The molecular weight excluding hydrogens is 258 g/mol. The number of anilines is 1. The Labute approximate surface area is 106 Å². The molecule has 84 valence electrons. The van der Waals surface area contributed by atoms with E-state index in [0.29, 0.717) is 22.0 Å². The summed E-state index contributed by atoms with van der Waals surface area (Å²) in [6, 6.07) is 6.66. The minimum atomic E-state index is -0.356. The molecule has 0 saturated carbocycles. The molecule has 2 rings (SSSR count). The van der Waals surface area contributed by atoms with Gasteiger partial charge in [0.1, 0.15) is 11.8 Å². The number of hydrogen-bond acceptors (Lipinski definition) is 4. The molecule has 1 N–H and O–H groups in total. The van der Waals surface area contributed by atoms with Crippen molar-refractivity contribution >= 4 is 34.5 Å². The van der Waals surface area contributed by atoms with Crippen molar-refractivity contribution in [3.63, 3.8) is 0 Å². The molecule has 6 heteroatoms. The number of rotatable bonds is 2. The fraction of sp³-hybridized carbons (Fsp3) is 0. The maximum atomic E-state index is 11.7. The van der Waals surface area contributed by atoms with Gasteiger partial charge in [0.05, 0.1) is 16.8 Å². The zero-order chi connectivity index (χ0) is 12.3. The van der Waals surface area contributed by atoms with Crippen LogP contribution in [0.4, 0.5) is 5.69 Å². The standard InChI is InChI=1S/C11H6ClN3OS/c12-8-2-1-7(4-13)9(3-8)15-11(16)10-5-17-6-14-10/h1-3,5-6H,(H,15,16). The summed E-state index contributed by atoms with van der Waals surface area (Å²) in [6.45, 7) is 0. The number of carbonyl (C=O) groups is 1. The summed E-state index contributed by atoms with van der Waals surface area (Å²) >= 11 is 7.14. The van der Waals surface area contributed by atoms with Gasteiger partial charge in [0.25, 0.3) is 5.91 Å². The van der Waals surface area contributed by atoms with Gasteiger partial charge in [-0.25, -0.2) is 4.98 Å². The van der Waals surface area contributed by atoms with Gasteiger partial charge in [0.15, 0.2) is 0 Å². The Morgan fingerprint density at radius 1 is 1.53 bits per heavy atom. The Balaban J connectivity index is 2.27. The first-order chi connectivity index (χ1) is 8.20. The fourth-order valence-electron chi connectivity index (χ4n) is 1.23. The second-order valence-corrected chi connectivity index (χ2v) is 4.28. The first kappa shape index (κ1) is 11.6. The number of benzene rings is 1. The number of nitrogens with zero attached hydrogens (tertiary/aromatic N) is 2. The second-order valence-electron chi connectivity index (χ2n) is 3.13. The predicted molar refractivity (Wildman–Crippen MR) is 66.2 cm³/mol. The molecule has 0 aliphatic carbocycles. The lowest BCUT2D eigenvalue weighted by molar-refractivity contribution is 0.102. The van der Waals surface area contributed by atoms with Crippen molar-refractivity contribution in [1.29, 1.82) is 5.26 Å². The van der Waals surface area contributed by atoms with E-state index in [-0.39, 0.29) is 5.91 Å². The van der Waals surface area contributed by atoms with Crippen molar-refractivity contribution in [3.8, 4) is 6.07 Å². The van der Waals surface area contributed by atoms with Gasteiger partial charge in [-0.05, 0) is 18.2 Å². The van der Waals surface area contributed by atoms with Crippen LogP contribution in [0, 0.1) is 11.3 Å². The van der Waals surface area contributed by atoms with Crippen molar-refractivity contribution in [2.45, 2.75) is 0 Å². The number of thiazole rings is 1. The Hall–Kier alpha value is -1.90. The maximum absolute atomic E-state index is 11.7. The molecule has 0 saturated heterocycles. The zero-order valence-electron chi connectivity index (χ0n) is 8.48. The molecule has 1 amide bonds. The summed E-state index contributed by atoms with van der Waals surface area (Å²) in [7, 11) is 0. The SMILES string of the molecule is N#Cc1ccc(Cl)cc1NC(=O)c1cscn1. The lowest BCUT2D eigenvalue weighted by Gasteiger charge is -2.05. The maximum Gasteiger partial charge on any atom is 0.275 e. The molecule has 4 nitrogen and oxygen atoms in total. The molecule has 0 bridgehead atoms. The molecule has 0 spiro atoms. The van der Waals surface area contributed by atoms with Gasteiger partial charge in [-0.1, -0.05) is 11.6 Å². The van der Waals surface area contributed by atoms with Crippen LogP contribution < -0.4 is 5.32 Å². The Morgan fingerprint density at radius 2 is 2.35 bits per heavy atom. The Morgan fingerprint density at radius 3 is 3.00 bits per heavy atom. The minimum Gasteiger partial charge on any atom is -0.319 e. The van der Waals surface area contributed by atoms with Crippen molar-refractivity contribution in [2.24, 2.45) is 0 Å². The number of aromatic nitrogens is 1. The molecule has 2 aromatic rings. The lowest BCUT2D eigenvalue weighted by Crippen LogP contribution is -2.13. The largest absolute Gasteiger partial charge is 0.319 e. The third-order valence-corrected chi connectivity index (χ3v) is 2.84. The molecule has 0 fully saturated rings. The van der Waals surface area contributed by atoms with Crippen LogP contribution in [-0.2, 0) is 0 Å². The third kappa shape index (κ3) is 2.61. The van der Waals surface area contributed by atoms with Crippen LogP contribution >= 0.6 is 22.9 Å². The zero-order valence-corrected chi connectivity index (χ0v) is 10.0. The lowest BCUT2D eigenvalue weighted by atomic mass is 10.2. The average Bonchev–Trinajstić information content (AvgIpc) is 2.83. The summed E-state index contributed by atoms with van der Waals surface area (Å²) < 4.78 is 0. The van der Waals surface area contributed by atoms with E-state index in [1.165, 1.54) is 17.4 Å². The first-order valence-electron chi connectivity index (χ1n) is 4.60. The molecule has 0 aliphatic heterocycles. The highest BCUT2D eigenvalue weighted by molar-refractivity contribution is 7.07. The molecule has 0 aliphatic rings. The Bertz CT molecular complexity index is 589. The van der Waals surface area contributed by atoms with E-state index in [1.54, 1.807) is 23.0 Å². The number of amides is 1. The van der Waals surface area contributed by atoms with Crippen LogP contribution in [0.2, 0.25) is 5.02 Å². The number of nitrogens with one attached hydrogen (secondary N) is 1. The highest BCUT2D eigenvalue weighted by atomic mass is 35.5. The molecule has 0 unspecified atom stereocenters. The third-order valence-electron chi connectivity index (χ3n) is 2.02. The topological polar surface area (TPSA) is 65.8 Å². The number of halogens is 1. The van der Waals surface area contributed by atoms with Crippen LogP contribution in [0.15, 0.2) is 29.1 Å². The van der Waals surface area contributed by atoms with Gasteiger partial charge in [-0.2, -0.15) is 5.26 Å². The van der Waals surface area contributed by atoms with Gasteiger partial charge in [-0.15, -0.1) is 11.3 Å². The molecule has 0 radical (unpaired) electrons. The highest BCUT2D eigenvalue weighted by Gasteiger charge is 2.10. The summed E-state index contributed by atoms with van der Waals surface area (Å²) in [5, 5.41) is 13.6. The quantitative estimate of drug-likeness (QED) is 0.906. The van der Waals surface area contributed by atoms with Gasteiger partial charge < -0.3 is 5.32 Å². The van der Waals surface area contributed by atoms with Crippen LogP contribution in [0.3, 0.4) is 0 Å². The van der Waals surface area contributed by atoms with E-state index in [0.717, 1.165) is 0 Å². The van der Waals surface area contributed by atoms with Gasteiger partial charge >= 0.3 is 0 Å². The van der Waals surface area contributed by atoms with Crippen molar-refractivity contribution in [1.82, 2.24) is 4.98 Å². The molecular formula is C11H6ClN3OS. The van der Waals surface area contributed by atoms with E-state index in [2.05, 4.69) is 10.3 Å². The van der Waals surface area contributed by atoms with Gasteiger partial charge in [-0.3, -0.25) is 4.79 Å².